The fraction of sp³-hybridized carbons (Fsp3) is 0.286. The Bertz CT molecular complexity index is 917. The second-order valence-electron chi connectivity index (χ2n) is 6.40. The topological polar surface area (TPSA) is 77.2 Å². The first-order valence-corrected chi connectivity index (χ1v) is 8.93. The maximum Gasteiger partial charge on any atom is 0.322 e. The molecule has 1 heterocycles. The van der Waals surface area contributed by atoms with Crippen LogP contribution in [0.4, 0.5) is 6.01 Å². The predicted molar refractivity (Wildman–Crippen MR) is 103 cm³/mol. The van der Waals surface area contributed by atoms with Crippen LogP contribution >= 0.6 is 0 Å². The van der Waals surface area contributed by atoms with E-state index in [1.807, 2.05) is 37.3 Å². The number of aromatic nitrogens is 2. The Morgan fingerprint density at radius 2 is 1.78 bits per heavy atom. The number of rotatable bonds is 7. The lowest BCUT2D eigenvalue weighted by Gasteiger charge is -2.04. The van der Waals surface area contributed by atoms with E-state index in [2.05, 4.69) is 41.5 Å². The van der Waals surface area contributed by atoms with E-state index in [0.717, 1.165) is 16.9 Å². The fourth-order valence-corrected chi connectivity index (χ4v) is 2.68. The molecule has 2 aromatic carbocycles. The predicted octanol–water partition coefficient (Wildman–Crippen LogP) is 3.86. The summed E-state index contributed by atoms with van der Waals surface area (Å²) in [6.07, 6.45) is 0.754. The normalized spacial score (nSPS) is 10.6. The van der Waals surface area contributed by atoms with E-state index >= 15 is 0 Å². The molecule has 0 fully saturated rings. The summed E-state index contributed by atoms with van der Waals surface area (Å²) < 4.78 is 10.9. The Balaban J connectivity index is 1.56. The van der Waals surface area contributed by atoms with Gasteiger partial charge < -0.3 is 9.15 Å². The number of nitrogens with one attached hydrogen (secondary N) is 1. The first-order valence-electron chi connectivity index (χ1n) is 8.93. The van der Waals surface area contributed by atoms with E-state index < -0.39 is 0 Å². The zero-order valence-corrected chi connectivity index (χ0v) is 15.8. The smallest absolute Gasteiger partial charge is 0.322 e. The third kappa shape index (κ3) is 5.17. The number of amides is 1. The average Bonchev–Trinajstić information content (AvgIpc) is 3.07. The van der Waals surface area contributed by atoms with E-state index in [1.165, 1.54) is 11.1 Å². The second kappa shape index (κ2) is 8.49. The van der Waals surface area contributed by atoms with Crippen LogP contribution in [-0.4, -0.2) is 22.7 Å². The quantitative estimate of drug-likeness (QED) is 0.688. The Hall–Kier alpha value is -3.15. The van der Waals surface area contributed by atoms with Gasteiger partial charge in [0, 0.05) is 0 Å². The van der Waals surface area contributed by atoms with Gasteiger partial charge in [0.25, 0.3) is 0 Å². The highest BCUT2D eigenvalue weighted by atomic mass is 16.5. The van der Waals surface area contributed by atoms with Gasteiger partial charge in [-0.2, -0.15) is 0 Å². The van der Waals surface area contributed by atoms with Crippen molar-refractivity contribution >= 4 is 11.9 Å². The lowest BCUT2D eigenvalue weighted by molar-refractivity contribution is -0.115. The Kier molecular flexibility index (Phi) is 5.86. The molecule has 0 unspecified atom stereocenters. The van der Waals surface area contributed by atoms with Crippen LogP contribution in [0.15, 0.2) is 46.9 Å². The molecule has 1 amide bonds. The summed E-state index contributed by atoms with van der Waals surface area (Å²) in [5, 5.41) is 10.6. The van der Waals surface area contributed by atoms with E-state index in [4.69, 9.17) is 9.15 Å². The van der Waals surface area contributed by atoms with Crippen molar-refractivity contribution in [2.75, 3.05) is 11.9 Å². The van der Waals surface area contributed by atoms with Crippen LogP contribution in [0.3, 0.4) is 0 Å². The van der Waals surface area contributed by atoms with Crippen molar-refractivity contribution in [2.24, 2.45) is 0 Å². The summed E-state index contributed by atoms with van der Waals surface area (Å²) in [6, 6.07) is 13.7. The van der Waals surface area contributed by atoms with Crippen molar-refractivity contribution < 1.29 is 13.9 Å². The number of carbonyl (C=O) groups excluding carboxylic acids is 1. The number of ether oxygens (including phenoxy) is 1. The largest absolute Gasteiger partial charge is 0.494 e. The molecule has 0 aliphatic heterocycles. The van der Waals surface area contributed by atoms with Crippen LogP contribution in [0, 0.1) is 13.8 Å². The molecule has 0 aliphatic rings. The summed E-state index contributed by atoms with van der Waals surface area (Å²) in [5.41, 5.74) is 4.43. The molecular formula is C21H23N3O3. The van der Waals surface area contributed by atoms with Crippen molar-refractivity contribution in [2.45, 2.75) is 33.6 Å². The first kappa shape index (κ1) is 18.6. The van der Waals surface area contributed by atoms with E-state index in [9.17, 15) is 4.79 Å². The molecule has 140 valence electrons. The summed E-state index contributed by atoms with van der Waals surface area (Å²) in [5.74, 6) is 1.05. The number of hydrogen-bond donors (Lipinski definition) is 1. The number of carbonyl (C=O) groups is 1. The van der Waals surface area contributed by atoms with Gasteiger partial charge in [0.1, 0.15) is 5.75 Å². The highest BCUT2D eigenvalue weighted by molar-refractivity contribution is 5.90. The standard InChI is InChI=1S/C21H23N3O3/c1-4-26-18-9-7-16(8-10-18)12-19(25)22-21-24-23-20(27-21)13-17-6-5-14(2)15(3)11-17/h5-11H,4,12-13H2,1-3H3,(H,22,24,25). The summed E-state index contributed by atoms with van der Waals surface area (Å²) in [4.78, 5) is 12.2. The number of aryl methyl sites for hydroxylation is 2. The Morgan fingerprint density at radius 3 is 2.48 bits per heavy atom. The zero-order valence-electron chi connectivity index (χ0n) is 15.8. The molecule has 0 saturated carbocycles. The lowest BCUT2D eigenvalue weighted by Crippen LogP contribution is -2.14. The maximum atomic E-state index is 12.2. The molecule has 0 atom stereocenters. The number of anilines is 1. The summed E-state index contributed by atoms with van der Waals surface area (Å²) in [7, 11) is 0. The highest BCUT2D eigenvalue weighted by Crippen LogP contribution is 2.16. The van der Waals surface area contributed by atoms with Crippen LogP contribution in [0.5, 0.6) is 5.75 Å². The summed E-state index contributed by atoms with van der Waals surface area (Å²) >= 11 is 0. The monoisotopic (exact) mass is 365 g/mol. The minimum atomic E-state index is -0.208. The van der Waals surface area contributed by atoms with Crippen LogP contribution in [-0.2, 0) is 17.6 Å². The van der Waals surface area contributed by atoms with E-state index in [0.29, 0.717) is 18.9 Å². The molecule has 1 aromatic heterocycles. The molecule has 6 heteroatoms. The lowest BCUT2D eigenvalue weighted by atomic mass is 10.0. The van der Waals surface area contributed by atoms with E-state index in [-0.39, 0.29) is 18.3 Å². The molecule has 0 saturated heterocycles. The molecule has 3 rings (SSSR count). The third-order valence-electron chi connectivity index (χ3n) is 4.24. The van der Waals surface area contributed by atoms with Crippen LogP contribution in [0.1, 0.15) is 35.1 Å². The molecule has 0 aliphatic carbocycles. The van der Waals surface area contributed by atoms with Crippen LogP contribution < -0.4 is 10.1 Å². The van der Waals surface area contributed by atoms with Crippen LogP contribution in [0.2, 0.25) is 0 Å². The van der Waals surface area contributed by atoms with Gasteiger partial charge in [-0.3, -0.25) is 10.1 Å². The van der Waals surface area contributed by atoms with Crippen molar-refractivity contribution in [1.82, 2.24) is 10.2 Å². The first-order chi connectivity index (χ1) is 13.0. The van der Waals surface area contributed by atoms with Gasteiger partial charge >= 0.3 is 6.01 Å². The molecular weight excluding hydrogens is 342 g/mol. The van der Waals surface area contributed by atoms with Gasteiger partial charge in [0.2, 0.25) is 11.8 Å². The summed E-state index contributed by atoms with van der Waals surface area (Å²) in [6.45, 7) is 6.69. The van der Waals surface area contributed by atoms with Gasteiger partial charge in [-0.15, -0.1) is 5.10 Å². The van der Waals surface area contributed by atoms with Crippen molar-refractivity contribution in [3.05, 3.63) is 70.6 Å². The minimum Gasteiger partial charge on any atom is -0.494 e. The average molecular weight is 365 g/mol. The maximum absolute atomic E-state index is 12.2. The van der Waals surface area contributed by atoms with Gasteiger partial charge in [-0.1, -0.05) is 35.4 Å². The molecule has 0 spiro atoms. The zero-order chi connectivity index (χ0) is 19.2. The van der Waals surface area contributed by atoms with Crippen molar-refractivity contribution in [3.8, 4) is 5.75 Å². The van der Waals surface area contributed by atoms with Gasteiger partial charge in [0.15, 0.2) is 0 Å². The number of hydrogen-bond acceptors (Lipinski definition) is 5. The Morgan fingerprint density at radius 1 is 1.04 bits per heavy atom. The molecule has 0 bridgehead atoms. The SMILES string of the molecule is CCOc1ccc(CC(=O)Nc2nnc(Cc3ccc(C)c(C)c3)o2)cc1. The number of benzene rings is 2. The molecule has 0 radical (unpaired) electrons. The molecule has 1 N–H and O–H groups in total. The van der Waals surface area contributed by atoms with Gasteiger partial charge in [-0.25, -0.2) is 0 Å². The molecule has 6 nitrogen and oxygen atoms in total. The minimum absolute atomic E-state index is 0.116. The van der Waals surface area contributed by atoms with Crippen molar-refractivity contribution in [1.29, 1.82) is 0 Å². The van der Waals surface area contributed by atoms with Crippen LogP contribution in [0.25, 0.3) is 0 Å². The molecule has 27 heavy (non-hydrogen) atoms. The fourth-order valence-electron chi connectivity index (χ4n) is 2.68. The van der Waals surface area contributed by atoms with Crippen molar-refractivity contribution in [3.63, 3.8) is 0 Å². The second-order valence-corrected chi connectivity index (χ2v) is 6.40. The molecule has 3 aromatic rings. The highest BCUT2D eigenvalue weighted by Gasteiger charge is 2.11. The third-order valence-corrected chi connectivity index (χ3v) is 4.24. The van der Waals surface area contributed by atoms with E-state index in [1.54, 1.807) is 0 Å². The number of nitrogens with zero attached hydrogens (tertiary/aromatic N) is 2. The Labute approximate surface area is 158 Å². The van der Waals surface area contributed by atoms with Gasteiger partial charge in [0.05, 0.1) is 19.4 Å². The van der Waals surface area contributed by atoms with Gasteiger partial charge in [-0.05, 0) is 55.2 Å².